The van der Waals surface area contributed by atoms with Crippen molar-refractivity contribution in [2.24, 2.45) is 0 Å². The number of methoxy groups -OCH3 is 1. The number of likely N-dealkylation sites (N-methyl/N-ethyl adjacent to an activating group) is 1. The highest BCUT2D eigenvalue weighted by molar-refractivity contribution is 7.92. The zero-order valence-corrected chi connectivity index (χ0v) is 23.5. The minimum atomic E-state index is -4.27. The van der Waals surface area contributed by atoms with E-state index in [1.807, 2.05) is 0 Å². The van der Waals surface area contributed by atoms with Gasteiger partial charge in [-0.1, -0.05) is 30.7 Å². The Kier molecular flexibility index (Phi) is 10.3. The lowest BCUT2D eigenvalue weighted by molar-refractivity contribution is -0.140. The zero-order chi connectivity index (χ0) is 28.6. The fourth-order valence-corrected chi connectivity index (χ4v) is 5.55. The van der Waals surface area contributed by atoms with Crippen LogP contribution in [0.15, 0.2) is 77.7 Å². The minimum absolute atomic E-state index is 0.0471. The molecule has 0 fully saturated rings. The van der Waals surface area contributed by atoms with Gasteiger partial charge in [0.05, 0.1) is 17.7 Å². The van der Waals surface area contributed by atoms with Crippen molar-refractivity contribution in [3.8, 4) is 5.75 Å². The first-order valence-electron chi connectivity index (χ1n) is 12.3. The highest BCUT2D eigenvalue weighted by atomic mass is 35.5. The van der Waals surface area contributed by atoms with Gasteiger partial charge in [-0.2, -0.15) is 0 Å². The number of rotatable bonds is 12. The molecule has 3 aromatic rings. The van der Waals surface area contributed by atoms with Gasteiger partial charge in [-0.05, 0) is 79.6 Å². The fraction of sp³-hybridized carbons (Fsp3) is 0.286. The summed E-state index contributed by atoms with van der Waals surface area (Å²) in [5, 5.41) is 3.26. The van der Waals surface area contributed by atoms with E-state index in [4.69, 9.17) is 16.3 Å². The summed E-state index contributed by atoms with van der Waals surface area (Å²) in [6.07, 6.45) is 0.299. The molecule has 0 radical (unpaired) electrons. The molecular formula is C28H31ClFN3O5S. The lowest BCUT2D eigenvalue weighted by atomic mass is 10.1. The van der Waals surface area contributed by atoms with E-state index in [0.717, 1.165) is 16.4 Å². The molecule has 0 aliphatic carbocycles. The molecule has 0 aromatic heterocycles. The van der Waals surface area contributed by atoms with Gasteiger partial charge in [0.15, 0.2) is 0 Å². The van der Waals surface area contributed by atoms with Gasteiger partial charge in [-0.3, -0.25) is 13.9 Å². The highest BCUT2D eigenvalue weighted by Crippen LogP contribution is 2.26. The smallest absolute Gasteiger partial charge is 0.264 e. The quantitative estimate of drug-likeness (QED) is 0.340. The summed E-state index contributed by atoms with van der Waals surface area (Å²) in [5.74, 6) is -1.06. The van der Waals surface area contributed by atoms with Crippen LogP contribution in [0.4, 0.5) is 10.1 Å². The van der Waals surface area contributed by atoms with Gasteiger partial charge in [-0.25, -0.2) is 12.8 Å². The van der Waals surface area contributed by atoms with Gasteiger partial charge in [0.1, 0.15) is 24.2 Å². The lowest BCUT2D eigenvalue weighted by Gasteiger charge is -2.33. The second-order valence-corrected chi connectivity index (χ2v) is 10.9. The van der Waals surface area contributed by atoms with E-state index in [2.05, 4.69) is 5.32 Å². The summed E-state index contributed by atoms with van der Waals surface area (Å²) in [4.78, 5) is 28.1. The Morgan fingerprint density at radius 1 is 0.974 bits per heavy atom. The maximum absolute atomic E-state index is 13.9. The highest BCUT2D eigenvalue weighted by Gasteiger charge is 2.33. The van der Waals surface area contributed by atoms with E-state index in [-0.39, 0.29) is 23.0 Å². The Bertz CT molecular complexity index is 1370. The fourth-order valence-electron chi connectivity index (χ4n) is 4.01. The van der Waals surface area contributed by atoms with Crippen molar-refractivity contribution in [3.05, 3.63) is 89.2 Å². The Balaban J connectivity index is 2.04. The molecule has 0 bridgehead atoms. The van der Waals surface area contributed by atoms with Gasteiger partial charge >= 0.3 is 0 Å². The molecule has 39 heavy (non-hydrogen) atoms. The first-order valence-corrected chi connectivity index (χ1v) is 14.2. The van der Waals surface area contributed by atoms with Crippen molar-refractivity contribution in [1.29, 1.82) is 0 Å². The Morgan fingerprint density at radius 3 is 2.13 bits per heavy atom. The third-order valence-corrected chi connectivity index (χ3v) is 8.08. The number of carbonyl (C=O) groups excluding carboxylic acids is 2. The number of halogens is 2. The maximum Gasteiger partial charge on any atom is 0.264 e. The van der Waals surface area contributed by atoms with Crippen LogP contribution >= 0.6 is 11.6 Å². The third kappa shape index (κ3) is 7.48. The van der Waals surface area contributed by atoms with E-state index < -0.39 is 34.3 Å². The predicted octanol–water partition coefficient (Wildman–Crippen LogP) is 4.63. The minimum Gasteiger partial charge on any atom is -0.497 e. The number of sulfonamides is 1. The Morgan fingerprint density at radius 2 is 1.59 bits per heavy atom. The SMILES string of the molecule is CCNC(=O)[C@@H](CC)N(Cc1ccc(Cl)cc1)C(=O)CN(c1ccc(F)cc1)S(=O)(=O)c1ccc(OC)cc1. The summed E-state index contributed by atoms with van der Waals surface area (Å²) in [6.45, 7) is 3.34. The van der Waals surface area contributed by atoms with E-state index in [1.165, 1.54) is 48.4 Å². The Hall–Kier alpha value is -3.63. The van der Waals surface area contributed by atoms with Crippen molar-refractivity contribution in [2.45, 2.75) is 37.8 Å². The molecule has 0 aliphatic rings. The number of nitrogens with one attached hydrogen (secondary N) is 1. The molecule has 3 aromatic carbocycles. The summed E-state index contributed by atoms with van der Waals surface area (Å²) >= 11 is 6.01. The van der Waals surface area contributed by atoms with E-state index in [9.17, 15) is 22.4 Å². The van der Waals surface area contributed by atoms with Crippen LogP contribution in [-0.2, 0) is 26.2 Å². The van der Waals surface area contributed by atoms with E-state index in [1.54, 1.807) is 38.1 Å². The number of anilines is 1. The predicted molar refractivity (Wildman–Crippen MR) is 149 cm³/mol. The van der Waals surface area contributed by atoms with Crippen LogP contribution in [0.25, 0.3) is 0 Å². The lowest BCUT2D eigenvalue weighted by Crippen LogP contribution is -2.52. The van der Waals surface area contributed by atoms with Crippen molar-refractivity contribution >= 4 is 39.1 Å². The van der Waals surface area contributed by atoms with Crippen LogP contribution in [-0.4, -0.2) is 51.4 Å². The van der Waals surface area contributed by atoms with Crippen molar-refractivity contribution < 1.29 is 27.1 Å². The Labute approximate surface area is 233 Å². The molecule has 3 rings (SSSR count). The number of ether oxygens (including phenoxy) is 1. The molecule has 0 saturated carbocycles. The van der Waals surface area contributed by atoms with Gasteiger partial charge < -0.3 is 15.0 Å². The molecule has 0 spiro atoms. The molecule has 208 valence electrons. The summed E-state index contributed by atoms with van der Waals surface area (Å²) < 4.78 is 47.3. The largest absolute Gasteiger partial charge is 0.497 e. The van der Waals surface area contributed by atoms with Crippen LogP contribution in [0, 0.1) is 5.82 Å². The normalized spacial score (nSPS) is 11.9. The number of benzene rings is 3. The topological polar surface area (TPSA) is 96.0 Å². The van der Waals surface area contributed by atoms with E-state index >= 15 is 0 Å². The average Bonchev–Trinajstić information content (AvgIpc) is 2.93. The van der Waals surface area contributed by atoms with Crippen LogP contribution in [0.2, 0.25) is 5.02 Å². The molecular weight excluding hydrogens is 545 g/mol. The van der Waals surface area contributed by atoms with Crippen molar-refractivity contribution in [2.75, 3.05) is 24.5 Å². The molecule has 2 amide bonds. The van der Waals surface area contributed by atoms with Gasteiger partial charge in [-0.15, -0.1) is 0 Å². The van der Waals surface area contributed by atoms with Crippen LogP contribution in [0.5, 0.6) is 5.75 Å². The number of nitrogens with zero attached hydrogens (tertiary/aromatic N) is 2. The van der Waals surface area contributed by atoms with Crippen molar-refractivity contribution in [1.82, 2.24) is 10.2 Å². The molecule has 1 atom stereocenters. The van der Waals surface area contributed by atoms with Crippen LogP contribution in [0.3, 0.4) is 0 Å². The second kappa shape index (κ2) is 13.4. The molecule has 0 saturated heterocycles. The number of amides is 2. The number of hydrogen-bond acceptors (Lipinski definition) is 5. The standard InChI is InChI=1S/C28H31ClFN3O5S/c1-4-26(28(35)31-5-2)32(18-20-6-8-21(29)9-7-20)27(34)19-33(23-12-10-22(30)11-13-23)39(36,37)25-16-14-24(38-3)15-17-25/h6-17,26H,4-5,18-19H2,1-3H3,(H,31,35)/t26-/m1/s1. The maximum atomic E-state index is 13.9. The summed E-state index contributed by atoms with van der Waals surface area (Å²) in [5.41, 5.74) is 0.805. The zero-order valence-electron chi connectivity index (χ0n) is 21.9. The molecule has 0 heterocycles. The summed E-state index contributed by atoms with van der Waals surface area (Å²) in [7, 11) is -2.81. The molecule has 8 nitrogen and oxygen atoms in total. The molecule has 0 unspecified atom stereocenters. The van der Waals surface area contributed by atoms with Crippen molar-refractivity contribution in [3.63, 3.8) is 0 Å². The van der Waals surface area contributed by atoms with Gasteiger partial charge in [0.25, 0.3) is 10.0 Å². The number of hydrogen-bond donors (Lipinski definition) is 1. The first-order chi connectivity index (χ1) is 18.6. The van der Waals surface area contributed by atoms with E-state index in [0.29, 0.717) is 29.3 Å². The molecule has 0 aliphatic heterocycles. The second-order valence-electron chi connectivity index (χ2n) is 8.63. The summed E-state index contributed by atoms with van der Waals surface area (Å²) in [6, 6.07) is 16.5. The molecule has 1 N–H and O–H groups in total. The third-order valence-electron chi connectivity index (χ3n) is 6.04. The monoisotopic (exact) mass is 575 g/mol. The van der Waals surface area contributed by atoms with Gasteiger partial charge in [0.2, 0.25) is 11.8 Å². The average molecular weight is 576 g/mol. The van der Waals surface area contributed by atoms with Crippen LogP contribution < -0.4 is 14.4 Å². The van der Waals surface area contributed by atoms with Gasteiger partial charge in [0, 0.05) is 18.1 Å². The first kappa shape index (κ1) is 29.9. The number of carbonyl (C=O) groups is 2. The molecule has 11 heteroatoms. The van der Waals surface area contributed by atoms with Crippen LogP contribution in [0.1, 0.15) is 25.8 Å².